The number of aryl methyl sites for hydroxylation is 1. The van der Waals surface area contributed by atoms with Crippen LogP contribution in [0.25, 0.3) is 22.0 Å². The summed E-state index contributed by atoms with van der Waals surface area (Å²) in [5.41, 5.74) is 6.73. The van der Waals surface area contributed by atoms with Crippen LogP contribution in [-0.2, 0) is 27.3 Å². The van der Waals surface area contributed by atoms with E-state index >= 15 is 4.39 Å². The highest BCUT2D eigenvalue weighted by atomic mass is 19.1. The number of primary amides is 1. The van der Waals surface area contributed by atoms with Gasteiger partial charge in [0.1, 0.15) is 18.1 Å². The molecule has 9 nitrogen and oxygen atoms in total. The summed E-state index contributed by atoms with van der Waals surface area (Å²) >= 11 is 0. The van der Waals surface area contributed by atoms with Crippen molar-refractivity contribution in [2.75, 3.05) is 46.0 Å². The van der Waals surface area contributed by atoms with Crippen molar-refractivity contribution in [1.29, 1.82) is 0 Å². The van der Waals surface area contributed by atoms with Gasteiger partial charge in [0.05, 0.1) is 30.7 Å². The van der Waals surface area contributed by atoms with Gasteiger partial charge in [0.2, 0.25) is 11.8 Å². The number of benzene rings is 2. The van der Waals surface area contributed by atoms with Gasteiger partial charge >= 0.3 is 0 Å². The topological polar surface area (TPSA) is 116 Å². The first-order valence-electron chi connectivity index (χ1n) is 13.3. The van der Waals surface area contributed by atoms with Crippen molar-refractivity contribution >= 4 is 22.7 Å². The molecule has 0 aliphatic carbocycles. The summed E-state index contributed by atoms with van der Waals surface area (Å²) < 4.78 is 28.0. The fourth-order valence-electron chi connectivity index (χ4n) is 4.63. The predicted molar refractivity (Wildman–Crippen MR) is 147 cm³/mol. The molecule has 39 heavy (non-hydrogen) atoms. The van der Waals surface area contributed by atoms with Gasteiger partial charge in [-0.3, -0.25) is 19.3 Å². The second-order valence-electron chi connectivity index (χ2n) is 9.58. The lowest BCUT2D eigenvalue weighted by atomic mass is 10.0. The molecule has 1 aliphatic heterocycles. The number of aromatic nitrogens is 1. The van der Waals surface area contributed by atoms with Crippen molar-refractivity contribution < 1.29 is 23.5 Å². The Morgan fingerprint density at radius 1 is 1.13 bits per heavy atom. The van der Waals surface area contributed by atoms with E-state index in [9.17, 15) is 14.4 Å². The fraction of sp³-hybridized carbons (Fsp3) is 0.414. The molecule has 0 radical (unpaired) electrons. The molecule has 4 rings (SSSR count). The summed E-state index contributed by atoms with van der Waals surface area (Å²) in [5, 5.41) is 2.81. The van der Waals surface area contributed by atoms with Crippen LogP contribution in [0.1, 0.15) is 25.3 Å². The molecule has 1 saturated heterocycles. The molecular weight excluding hydrogens is 503 g/mol. The van der Waals surface area contributed by atoms with E-state index in [0.717, 1.165) is 25.1 Å². The molecule has 0 atom stereocenters. The van der Waals surface area contributed by atoms with Gasteiger partial charge in [-0.2, -0.15) is 0 Å². The van der Waals surface area contributed by atoms with Crippen molar-refractivity contribution in [3.63, 3.8) is 0 Å². The Bertz CT molecular complexity index is 1370. The molecule has 0 spiro atoms. The van der Waals surface area contributed by atoms with Crippen LogP contribution < -0.4 is 21.2 Å². The van der Waals surface area contributed by atoms with E-state index in [1.54, 1.807) is 22.9 Å². The minimum atomic E-state index is -0.680. The second-order valence-corrected chi connectivity index (χ2v) is 9.58. The molecule has 0 unspecified atom stereocenters. The van der Waals surface area contributed by atoms with Crippen LogP contribution in [-0.4, -0.2) is 67.3 Å². The number of hydrogen-bond acceptors (Lipinski definition) is 6. The van der Waals surface area contributed by atoms with Crippen LogP contribution in [0.2, 0.25) is 0 Å². The standard InChI is InChI=1S/C29H35FN4O5/c1-2-15-39-24-9-8-23(30)27-28(24)34(19-26(36)32-11-12-33-13-16-38-17-14-33)18-22(29(27)37)21-6-3-20(4-7-21)5-10-25(31)35/h3-4,6-9,18H,2,5,10-17,19H2,1H3,(H2,31,35)(H,32,36). The molecular formula is C29H35FN4O5. The Labute approximate surface area is 226 Å². The summed E-state index contributed by atoms with van der Waals surface area (Å²) in [7, 11) is 0. The number of amides is 2. The first kappa shape index (κ1) is 28.3. The van der Waals surface area contributed by atoms with E-state index in [0.29, 0.717) is 50.6 Å². The molecule has 2 amide bonds. The van der Waals surface area contributed by atoms with Gasteiger partial charge in [0, 0.05) is 44.4 Å². The number of morpholine rings is 1. The van der Waals surface area contributed by atoms with Crippen LogP contribution in [0.4, 0.5) is 4.39 Å². The van der Waals surface area contributed by atoms with Crippen molar-refractivity contribution in [1.82, 2.24) is 14.8 Å². The lowest BCUT2D eigenvalue weighted by Crippen LogP contribution is -2.41. The quantitative estimate of drug-likeness (QED) is 0.366. The summed E-state index contributed by atoms with van der Waals surface area (Å²) in [6.07, 6.45) is 3.01. The number of rotatable bonds is 12. The Kier molecular flexibility index (Phi) is 9.67. The van der Waals surface area contributed by atoms with Crippen molar-refractivity contribution in [2.45, 2.75) is 32.7 Å². The molecule has 3 N–H and O–H groups in total. The fourth-order valence-corrected chi connectivity index (χ4v) is 4.63. The largest absolute Gasteiger partial charge is 0.491 e. The van der Waals surface area contributed by atoms with Crippen molar-refractivity contribution in [2.24, 2.45) is 5.73 Å². The van der Waals surface area contributed by atoms with Crippen molar-refractivity contribution in [3.8, 4) is 16.9 Å². The summed E-state index contributed by atoms with van der Waals surface area (Å²) in [6.45, 7) is 6.38. The molecule has 3 aromatic rings. The van der Waals surface area contributed by atoms with Gasteiger partial charge in [-0.25, -0.2) is 4.39 Å². The smallest absolute Gasteiger partial charge is 0.239 e. The van der Waals surface area contributed by atoms with Gasteiger partial charge in [-0.15, -0.1) is 0 Å². The second kappa shape index (κ2) is 13.3. The van der Waals surface area contributed by atoms with Crippen LogP contribution in [0.5, 0.6) is 5.75 Å². The van der Waals surface area contributed by atoms with E-state index in [1.165, 1.54) is 12.1 Å². The average molecular weight is 539 g/mol. The van der Waals surface area contributed by atoms with Gasteiger partial charge in [-0.1, -0.05) is 31.2 Å². The molecule has 10 heteroatoms. The highest BCUT2D eigenvalue weighted by molar-refractivity contribution is 5.90. The van der Waals surface area contributed by atoms with Crippen molar-refractivity contribution in [3.05, 3.63) is 64.2 Å². The average Bonchev–Trinajstić information content (AvgIpc) is 2.93. The highest BCUT2D eigenvalue weighted by Gasteiger charge is 2.20. The maximum atomic E-state index is 15.2. The first-order chi connectivity index (χ1) is 18.9. The minimum absolute atomic E-state index is 0.116. The third-order valence-electron chi connectivity index (χ3n) is 6.69. The molecule has 0 saturated carbocycles. The predicted octanol–water partition coefficient (Wildman–Crippen LogP) is 2.46. The molecule has 2 heterocycles. The molecule has 208 valence electrons. The zero-order valence-electron chi connectivity index (χ0n) is 22.2. The summed E-state index contributed by atoms with van der Waals surface area (Å²) in [5.74, 6) is -0.983. The number of carbonyl (C=O) groups excluding carboxylic acids is 2. The van der Waals surface area contributed by atoms with E-state index in [1.807, 2.05) is 19.1 Å². The van der Waals surface area contributed by atoms with Crippen LogP contribution in [0.15, 0.2) is 47.4 Å². The number of nitrogens with two attached hydrogens (primary N) is 1. The number of ether oxygens (including phenoxy) is 2. The Morgan fingerprint density at radius 3 is 2.56 bits per heavy atom. The number of carbonyl (C=O) groups is 2. The zero-order valence-corrected chi connectivity index (χ0v) is 22.2. The summed E-state index contributed by atoms with van der Waals surface area (Å²) in [4.78, 5) is 39.9. The van der Waals surface area contributed by atoms with Gasteiger partial charge < -0.3 is 25.1 Å². The van der Waals surface area contributed by atoms with E-state index in [4.69, 9.17) is 15.2 Å². The molecule has 1 fully saturated rings. The number of hydrogen-bond donors (Lipinski definition) is 2. The molecule has 1 aliphatic rings. The number of nitrogens with one attached hydrogen (secondary N) is 1. The Balaban J connectivity index is 1.67. The van der Waals surface area contributed by atoms with E-state index in [-0.39, 0.29) is 35.3 Å². The van der Waals surface area contributed by atoms with E-state index in [2.05, 4.69) is 10.2 Å². The Morgan fingerprint density at radius 2 is 1.87 bits per heavy atom. The molecule has 1 aromatic heterocycles. The third-order valence-corrected chi connectivity index (χ3v) is 6.69. The van der Waals surface area contributed by atoms with Gasteiger partial charge in [0.15, 0.2) is 5.43 Å². The summed E-state index contributed by atoms with van der Waals surface area (Å²) in [6, 6.07) is 9.83. The molecule has 0 bridgehead atoms. The number of nitrogens with zero attached hydrogens (tertiary/aromatic N) is 2. The monoisotopic (exact) mass is 538 g/mol. The van der Waals surface area contributed by atoms with Crippen LogP contribution in [0, 0.1) is 5.82 Å². The Hall–Kier alpha value is -3.76. The van der Waals surface area contributed by atoms with Gasteiger partial charge in [-0.05, 0) is 36.1 Å². The number of halogens is 1. The van der Waals surface area contributed by atoms with Crippen LogP contribution >= 0.6 is 0 Å². The number of pyridine rings is 1. The highest BCUT2D eigenvalue weighted by Crippen LogP contribution is 2.29. The van der Waals surface area contributed by atoms with Gasteiger partial charge in [0.25, 0.3) is 0 Å². The minimum Gasteiger partial charge on any atom is -0.491 e. The third kappa shape index (κ3) is 7.21. The maximum Gasteiger partial charge on any atom is 0.239 e. The first-order valence-corrected chi connectivity index (χ1v) is 13.3. The van der Waals surface area contributed by atoms with E-state index < -0.39 is 17.2 Å². The number of fused-ring (bicyclic) bond motifs is 1. The zero-order chi connectivity index (χ0) is 27.8. The van der Waals surface area contributed by atoms with Crippen LogP contribution in [0.3, 0.4) is 0 Å². The SMILES string of the molecule is CCCOc1ccc(F)c2c(=O)c(-c3ccc(CCC(N)=O)cc3)cn(CC(=O)NCCN3CCOCC3)c12. The maximum absolute atomic E-state index is 15.2. The lowest BCUT2D eigenvalue weighted by molar-refractivity contribution is -0.121. The molecule has 2 aromatic carbocycles. The lowest BCUT2D eigenvalue weighted by Gasteiger charge is -2.26. The normalized spacial score (nSPS) is 13.9.